The third-order valence-corrected chi connectivity index (χ3v) is 8.74. The molecule has 174 valence electrons. The monoisotopic (exact) mass is 445 g/mol. The molecule has 0 aromatic heterocycles. The lowest BCUT2D eigenvalue weighted by molar-refractivity contribution is -0.285. The van der Waals surface area contributed by atoms with Gasteiger partial charge in [0.25, 0.3) is 0 Å². The molecule has 0 amide bonds. The van der Waals surface area contributed by atoms with Crippen LogP contribution >= 0.6 is 0 Å². The van der Waals surface area contributed by atoms with Crippen LogP contribution in [0.2, 0.25) is 0 Å². The molecule has 3 aliphatic carbocycles. The summed E-state index contributed by atoms with van der Waals surface area (Å²) in [5.74, 6) is 5.72. The Morgan fingerprint density at radius 2 is 1.88 bits per heavy atom. The molecule has 33 heavy (non-hydrogen) atoms. The van der Waals surface area contributed by atoms with Gasteiger partial charge in [-0.15, -0.1) is 5.92 Å². The first kappa shape index (κ1) is 22.4. The average molecular weight is 446 g/mol. The van der Waals surface area contributed by atoms with Crippen molar-refractivity contribution in [3.63, 3.8) is 0 Å². The third-order valence-electron chi connectivity index (χ3n) is 8.74. The van der Waals surface area contributed by atoms with Gasteiger partial charge < -0.3 is 14.7 Å². The van der Waals surface area contributed by atoms with Crippen molar-refractivity contribution in [2.75, 3.05) is 25.6 Å². The highest BCUT2D eigenvalue weighted by atomic mass is 16.6. The van der Waals surface area contributed by atoms with E-state index in [1.165, 1.54) is 28.0 Å². The van der Waals surface area contributed by atoms with Gasteiger partial charge in [0.05, 0.1) is 6.61 Å². The van der Waals surface area contributed by atoms with E-state index in [2.05, 4.69) is 62.0 Å². The molecule has 4 heteroatoms. The molecule has 1 N–H and O–H groups in total. The molecule has 5 atom stereocenters. The van der Waals surface area contributed by atoms with Gasteiger partial charge in [-0.2, -0.15) is 0 Å². The maximum Gasteiger partial charge on any atom is 0.236 e. The third kappa shape index (κ3) is 3.49. The van der Waals surface area contributed by atoms with E-state index in [0.717, 1.165) is 32.1 Å². The molecule has 1 saturated heterocycles. The second-order valence-corrected chi connectivity index (χ2v) is 10.6. The number of ether oxygens (including phenoxy) is 1. The second kappa shape index (κ2) is 8.15. The van der Waals surface area contributed by atoms with Gasteiger partial charge in [-0.1, -0.05) is 24.6 Å². The summed E-state index contributed by atoms with van der Waals surface area (Å²) in [6, 6.07) is 8.86. The molecule has 1 heterocycles. The van der Waals surface area contributed by atoms with Gasteiger partial charge in [-0.05, 0) is 91.7 Å². The van der Waals surface area contributed by atoms with Crippen molar-refractivity contribution in [1.82, 2.24) is 0 Å². The number of hydrogen-bond donors (Lipinski definition) is 1. The molecule has 1 saturated carbocycles. The van der Waals surface area contributed by atoms with Crippen LogP contribution in [0.3, 0.4) is 0 Å². The fraction of sp³-hybridized carbons (Fsp3) is 0.552. The number of nitrogens with zero attached hydrogens (tertiary/aromatic N) is 1. The predicted octanol–water partition coefficient (Wildman–Crippen LogP) is 4.99. The number of aliphatic hydroxyl groups is 1. The van der Waals surface area contributed by atoms with E-state index in [0.29, 0.717) is 24.9 Å². The molecule has 5 rings (SSSR count). The molecule has 1 unspecified atom stereocenters. The molecule has 4 aliphatic rings. The molecule has 1 aromatic carbocycles. The summed E-state index contributed by atoms with van der Waals surface area (Å²) in [4.78, 5) is 14.3. The van der Waals surface area contributed by atoms with Crippen LogP contribution in [0.15, 0.2) is 47.1 Å². The minimum absolute atomic E-state index is 0.186. The lowest BCUT2D eigenvalue weighted by Crippen LogP contribution is -2.60. The number of carbonyl (C=O) groups is 1. The van der Waals surface area contributed by atoms with Crippen LogP contribution in [0.1, 0.15) is 63.9 Å². The first-order valence-electron chi connectivity index (χ1n) is 12.3. The quantitative estimate of drug-likeness (QED) is 0.652. The number of rotatable bonds is 2. The average Bonchev–Trinajstić information content (AvgIpc) is 2.79. The summed E-state index contributed by atoms with van der Waals surface area (Å²) in [5, 5.41) is 11.7. The Labute approximate surface area is 197 Å². The van der Waals surface area contributed by atoms with Gasteiger partial charge in [-0.25, -0.2) is 0 Å². The van der Waals surface area contributed by atoms with Crippen LogP contribution < -0.4 is 4.90 Å². The minimum atomic E-state index is -1.43. The summed E-state index contributed by atoms with van der Waals surface area (Å²) < 4.78 is 6.02. The molecule has 2 fully saturated rings. The largest absolute Gasteiger partial charge is 0.378 e. The highest BCUT2D eigenvalue weighted by molar-refractivity contribution is 5.93. The van der Waals surface area contributed by atoms with Crippen molar-refractivity contribution < 1.29 is 14.6 Å². The van der Waals surface area contributed by atoms with Gasteiger partial charge in [0.1, 0.15) is 0 Å². The van der Waals surface area contributed by atoms with Crippen molar-refractivity contribution in [2.24, 2.45) is 17.3 Å². The molecular formula is C29H35NO3. The van der Waals surface area contributed by atoms with Crippen LogP contribution in [0, 0.1) is 29.1 Å². The van der Waals surface area contributed by atoms with E-state index < -0.39 is 11.2 Å². The van der Waals surface area contributed by atoms with Crippen molar-refractivity contribution in [1.29, 1.82) is 0 Å². The van der Waals surface area contributed by atoms with Crippen molar-refractivity contribution in [3.8, 4) is 11.8 Å². The first-order valence-corrected chi connectivity index (χ1v) is 12.3. The molecule has 0 spiro atoms. The van der Waals surface area contributed by atoms with Crippen molar-refractivity contribution >= 4 is 11.5 Å². The Hall–Kier alpha value is -2.35. The minimum Gasteiger partial charge on any atom is -0.378 e. The van der Waals surface area contributed by atoms with E-state index in [4.69, 9.17) is 4.74 Å². The van der Waals surface area contributed by atoms with E-state index in [-0.39, 0.29) is 11.7 Å². The highest BCUT2D eigenvalue weighted by Crippen LogP contribution is 2.64. The standard InChI is InChI=1S/C29H35NO3/c1-5-15-29(32)28(2)18-25(19-6-9-21(10-7-19)30(3)4)27-23-13-11-22(31)17-20(23)8-12-24(27)26(28)14-16-33-29/h6-7,9-10,17,24-26,32H,8,11-14,16,18H2,1-4H3/t24-,25?,26-,28-,29-/m0/s1. The van der Waals surface area contributed by atoms with E-state index in [1.54, 1.807) is 6.92 Å². The number of hydrogen-bond acceptors (Lipinski definition) is 4. The maximum atomic E-state index is 12.2. The Bertz CT molecular complexity index is 1090. The fourth-order valence-corrected chi connectivity index (χ4v) is 7.08. The second-order valence-electron chi connectivity index (χ2n) is 10.6. The van der Waals surface area contributed by atoms with Crippen LogP contribution in [-0.2, 0) is 9.53 Å². The molecule has 1 aromatic rings. The van der Waals surface area contributed by atoms with E-state index in [9.17, 15) is 9.90 Å². The summed E-state index contributed by atoms with van der Waals surface area (Å²) in [7, 11) is 4.12. The number of benzene rings is 1. The maximum absolute atomic E-state index is 12.2. The number of ketones is 1. The summed E-state index contributed by atoms with van der Waals surface area (Å²) in [5.41, 5.74) is 6.20. The van der Waals surface area contributed by atoms with Gasteiger partial charge in [0.15, 0.2) is 5.78 Å². The number of anilines is 1. The molecular weight excluding hydrogens is 410 g/mol. The zero-order valence-corrected chi connectivity index (χ0v) is 20.3. The van der Waals surface area contributed by atoms with E-state index in [1.807, 2.05) is 6.08 Å². The Balaban J connectivity index is 1.68. The SMILES string of the molecule is CC#C[C@]1(O)OCC[C@H]2[C@@H]3CCC4=CC(=O)CCC4=C3C(c3ccc(N(C)C)cc3)C[C@@]21C. The number of allylic oxidation sites excluding steroid dienone is 4. The Kier molecular flexibility index (Phi) is 5.54. The van der Waals surface area contributed by atoms with Gasteiger partial charge in [0.2, 0.25) is 5.79 Å². The number of carbonyl (C=O) groups excluding carboxylic acids is 1. The van der Waals surface area contributed by atoms with Crippen molar-refractivity contribution in [2.45, 2.75) is 64.1 Å². The summed E-state index contributed by atoms with van der Waals surface area (Å²) in [6.45, 7) is 4.51. The summed E-state index contributed by atoms with van der Waals surface area (Å²) >= 11 is 0. The van der Waals surface area contributed by atoms with Gasteiger partial charge in [-0.3, -0.25) is 4.79 Å². The molecule has 0 radical (unpaired) electrons. The highest BCUT2D eigenvalue weighted by Gasteiger charge is 2.61. The molecule has 1 aliphatic heterocycles. The van der Waals surface area contributed by atoms with E-state index >= 15 is 0 Å². The fourth-order valence-electron chi connectivity index (χ4n) is 7.08. The number of fused-ring (bicyclic) bond motifs is 4. The van der Waals surface area contributed by atoms with Gasteiger partial charge in [0, 0.05) is 37.5 Å². The smallest absolute Gasteiger partial charge is 0.236 e. The Morgan fingerprint density at radius 3 is 2.58 bits per heavy atom. The van der Waals surface area contributed by atoms with Crippen molar-refractivity contribution in [3.05, 3.63) is 52.6 Å². The molecule has 0 bridgehead atoms. The first-order chi connectivity index (χ1) is 15.8. The Morgan fingerprint density at radius 1 is 1.12 bits per heavy atom. The van der Waals surface area contributed by atoms with Crippen LogP contribution in [0.4, 0.5) is 5.69 Å². The zero-order valence-electron chi connectivity index (χ0n) is 20.3. The van der Waals surface area contributed by atoms with Crippen LogP contribution in [-0.4, -0.2) is 37.4 Å². The topological polar surface area (TPSA) is 49.8 Å². The van der Waals surface area contributed by atoms with Crippen LogP contribution in [0.5, 0.6) is 0 Å². The van der Waals surface area contributed by atoms with Crippen LogP contribution in [0.25, 0.3) is 0 Å². The lowest BCUT2D eigenvalue weighted by Gasteiger charge is -2.59. The lowest BCUT2D eigenvalue weighted by atomic mass is 9.49. The normalized spacial score (nSPS) is 35.5. The predicted molar refractivity (Wildman–Crippen MR) is 131 cm³/mol. The van der Waals surface area contributed by atoms with Gasteiger partial charge >= 0.3 is 0 Å². The molecule has 4 nitrogen and oxygen atoms in total. The summed E-state index contributed by atoms with van der Waals surface area (Å²) in [6.07, 6.45) is 7.08. The zero-order chi connectivity index (χ0) is 23.4.